The molecule has 1 aromatic heterocycles. The second-order valence-electron chi connectivity index (χ2n) is 6.19. The highest BCUT2D eigenvalue weighted by Gasteiger charge is 2.39. The van der Waals surface area contributed by atoms with Crippen molar-refractivity contribution in [2.45, 2.75) is 44.4 Å². The van der Waals surface area contributed by atoms with Crippen molar-refractivity contribution in [2.24, 2.45) is 0 Å². The number of halogens is 3. The van der Waals surface area contributed by atoms with Gasteiger partial charge in [-0.15, -0.1) is 10.2 Å². The Morgan fingerprint density at radius 3 is 2.59 bits per heavy atom. The molecule has 0 unspecified atom stereocenters. The maximum atomic E-state index is 12.5. The average molecular weight is 382 g/mol. The summed E-state index contributed by atoms with van der Waals surface area (Å²) in [7, 11) is 0. The van der Waals surface area contributed by atoms with E-state index < -0.39 is 12.1 Å². The molecule has 1 aliphatic rings. The van der Waals surface area contributed by atoms with Crippen molar-refractivity contribution in [3.05, 3.63) is 24.3 Å². The van der Waals surface area contributed by atoms with E-state index in [0.29, 0.717) is 0 Å². The molecule has 3 rings (SSSR count). The van der Waals surface area contributed by atoms with E-state index in [9.17, 15) is 22.8 Å². The van der Waals surface area contributed by atoms with Gasteiger partial charge in [-0.1, -0.05) is 25.0 Å². The Balaban J connectivity index is 1.70. The SMILES string of the molecule is O=C(Cn1nnc(-c2ccccc2NC(=O)C(F)(F)F)n1)NC1CCCC1. The third-order valence-corrected chi connectivity index (χ3v) is 4.13. The summed E-state index contributed by atoms with van der Waals surface area (Å²) in [6, 6.07) is 5.93. The summed E-state index contributed by atoms with van der Waals surface area (Å²) in [6.07, 6.45) is -0.979. The highest BCUT2D eigenvalue weighted by atomic mass is 19.4. The molecule has 0 saturated heterocycles. The number of tetrazole rings is 1. The number of nitrogens with one attached hydrogen (secondary N) is 2. The first kappa shape index (κ1) is 18.8. The molecule has 1 aliphatic carbocycles. The lowest BCUT2D eigenvalue weighted by Crippen LogP contribution is -2.35. The van der Waals surface area contributed by atoms with E-state index >= 15 is 0 Å². The van der Waals surface area contributed by atoms with Gasteiger partial charge in [-0.25, -0.2) is 0 Å². The van der Waals surface area contributed by atoms with Gasteiger partial charge in [0.25, 0.3) is 0 Å². The van der Waals surface area contributed by atoms with Crippen molar-refractivity contribution in [3.63, 3.8) is 0 Å². The van der Waals surface area contributed by atoms with Crippen molar-refractivity contribution in [3.8, 4) is 11.4 Å². The normalized spacial score (nSPS) is 14.9. The second-order valence-corrected chi connectivity index (χ2v) is 6.19. The van der Waals surface area contributed by atoms with Crippen molar-refractivity contribution >= 4 is 17.5 Å². The van der Waals surface area contributed by atoms with Crippen LogP contribution in [0.4, 0.5) is 18.9 Å². The maximum Gasteiger partial charge on any atom is 0.471 e. The van der Waals surface area contributed by atoms with Crippen LogP contribution in [-0.2, 0) is 16.1 Å². The maximum absolute atomic E-state index is 12.5. The van der Waals surface area contributed by atoms with Gasteiger partial charge in [0.1, 0.15) is 6.54 Å². The Hall–Kier alpha value is -2.98. The van der Waals surface area contributed by atoms with Crippen LogP contribution < -0.4 is 10.6 Å². The summed E-state index contributed by atoms with van der Waals surface area (Å²) in [5.74, 6) is -2.36. The Bertz CT molecular complexity index is 830. The van der Waals surface area contributed by atoms with Crippen LogP contribution in [0, 0.1) is 0 Å². The molecule has 0 atom stereocenters. The van der Waals surface area contributed by atoms with Gasteiger partial charge < -0.3 is 10.6 Å². The van der Waals surface area contributed by atoms with Gasteiger partial charge >= 0.3 is 12.1 Å². The van der Waals surface area contributed by atoms with E-state index in [2.05, 4.69) is 20.7 Å². The molecule has 1 aromatic carbocycles. The molecule has 8 nitrogen and oxygen atoms in total. The summed E-state index contributed by atoms with van der Waals surface area (Å²) in [5.41, 5.74) is 0.0623. The second kappa shape index (κ2) is 7.72. The number of carbonyl (C=O) groups excluding carboxylic acids is 2. The molecule has 0 aliphatic heterocycles. The number of para-hydroxylation sites is 1. The van der Waals surface area contributed by atoms with Crippen LogP contribution in [-0.4, -0.2) is 44.2 Å². The quantitative estimate of drug-likeness (QED) is 0.822. The molecule has 1 saturated carbocycles. The molecular formula is C16H17F3N6O2. The van der Waals surface area contributed by atoms with E-state index in [1.807, 2.05) is 0 Å². The number of amides is 2. The van der Waals surface area contributed by atoms with Crippen LogP contribution in [0.5, 0.6) is 0 Å². The number of nitrogens with zero attached hydrogens (tertiary/aromatic N) is 4. The van der Waals surface area contributed by atoms with E-state index in [-0.39, 0.29) is 35.6 Å². The molecule has 0 radical (unpaired) electrons. The van der Waals surface area contributed by atoms with Crippen LogP contribution >= 0.6 is 0 Å². The Labute approximate surface area is 152 Å². The first-order chi connectivity index (χ1) is 12.8. The number of carbonyl (C=O) groups is 2. The number of hydrogen-bond acceptors (Lipinski definition) is 5. The molecule has 2 N–H and O–H groups in total. The zero-order valence-corrected chi connectivity index (χ0v) is 14.2. The average Bonchev–Trinajstić information content (AvgIpc) is 3.26. The Morgan fingerprint density at radius 1 is 1.19 bits per heavy atom. The lowest BCUT2D eigenvalue weighted by atomic mass is 10.1. The summed E-state index contributed by atoms with van der Waals surface area (Å²) in [4.78, 5) is 24.3. The standard InChI is InChI=1S/C16H17F3N6O2/c17-16(18,19)15(27)21-12-8-4-3-7-11(12)14-22-24-25(23-14)9-13(26)20-10-5-1-2-6-10/h3-4,7-8,10H,1-2,5-6,9H2,(H,20,26)(H,21,27). The van der Waals surface area contributed by atoms with Crippen LogP contribution in [0.3, 0.4) is 0 Å². The molecular weight excluding hydrogens is 365 g/mol. The van der Waals surface area contributed by atoms with Crippen LogP contribution in [0.2, 0.25) is 0 Å². The minimum atomic E-state index is -5.02. The fraction of sp³-hybridized carbons (Fsp3) is 0.438. The molecule has 2 amide bonds. The topological polar surface area (TPSA) is 102 Å². The predicted octanol–water partition coefficient (Wildman–Crippen LogP) is 1.90. The first-order valence-electron chi connectivity index (χ1n) is 8.37. The number of benzene rings is 1. The predicted molar refractivity (Wildman–Crippen MR) is 88.3 cm³/mol. The number of alkyl halides is 3. The summed E-state index contributed by atoms with van der Waals surface area (Å²) in [6.45, 7) is -0.152. The first-order valence-corrected chi connectivity index (χ1v) is 8.37. The third-order valence-electron chi connectivity index (χ3n) is 4.13. The summed E-state index contributed by atoms with van der Waals surface area (Å²) >= 11 is 0. The van der Waals surface area contributed by atoms with Gasteiger partial charge in [0.2, 0.25) is 11.7 Å². The van der Waals surface area contributed by atoms with Gasteiger partial charge in [0, 0.05) is 11.6 Å². The van der Waals surface area contributed by atoms with Gasteiger partial charge in [-0.3, -0.25) is 9.59 Å². The zero-order valence-electron chi connectivity index (χ0n) is 14.2. The summed E-state index contributed by atoms with van der Waals surface area (Å²) < 4.78 is 37.4. The number of anilines is 1. The van der Waals surface area contributed by atoms with Gasteiger partial charge in [0.05, 0.1) is 5.69 Å². The fourth-order valence-corrected chi connectivity index (χ4v) is 2.87. The third kappa shape index (κ3) is 4.80. The molecule has 144 valence electrons. The summed E-state index contributed by atoms with van der Waals surface area (Å²) in [5, 5.41) is 16.2. The van der Waals surface area contributed by atoms with E-state index in [0.717, 1.165) is 30.5 Å². The lowest BCUT2D eigenvalue weighted by Gasteiger charge is -2.11. The van der Waals surface area contributed by atoms with Crippen molar-refractivity contribution in [1.82, 2.24) is 25.5 Å². The molecule has 11 heteroatoms. The number of hydrogen-bond donors (Lipinski definition) is 2. The van der Waals surface area contributed by atoms with Crippen LogP contribution in [0.15, 0.2) is 24.3 Å². The Kier molecular flexibility index (Phi) is 5.38. The lowest BCUT2D eigenvalue weighted by molar-refractivity contribution is -0.167. The molecule has 1 heterocycles. The number of aromatic nitrogens is 4. The minimum Gasteiger partial charge on any atom is -0.352 e. The monoisotopic (exact) mass is 382 g/mol. The van der Waals surface area contributed by atoms with E-state index in [4.69, 9.17) is 0 Å². The van der Waals surface area contributed by atoms with E-state index in [1.54, 1.807) is 11.4 Å². The van der Waals surface area contributed by atoms with Crippen molar-refractivity contribution < 1.29 is 22.8 Å². The van der Waals surface area contributed by atoms with Crippen molar-refractivity contribution in [2.75, 3.05) is 5.32 Å². The fourth-order valence-electron chi connectivity index (χ4n) is 2.87. The van der Waals surface area contributed by atoms with Crippen LogP contribution in [0.25, 0.3) is 11.4 Å². The van der Waals surface area contributed by atoms with E-state index in [1.165, 1.54) is 18.2 Å². The molecule has 1 fully saturated rings. The molecule has 0 bridgehead atoms. The zero-order chi connectivity index (χ0) is 19.4. The highest BCUT2D eigenvalue weighted by Crippen LogP contribution is 2.26. The minimum absolute atomic E-state index is 0.00161. The van der Waals surface area contributed by atoms with Gasteiger partial charge in [-0.05, 0) is 30.2 Å². The smallest absolute Gasteiger partial charge is 0.352 e. The molecule has 2 aromatic rings. The van der Waals surface area contributed by atoms with Gasteiger partial charge in [-0.2, -0.15) is 18.0 Å². The highest BCUT2D eigenvalue weighted by molar-refractivity contribution is 5.98. The van der Waals surface area contributed by atoms with Crippen molar-refractivity contribution in [1.29, 1.82) is 0 Å². The number of rotatable bonds is 5. The van der Waals surface area contributed by atoms with Gasteiger partial charge in [0.15, 0.2) is 0 Å². The van der Waals surface area contributed by atoms with Crippen LogP contribution in [0.1, 0.15) is 25.7 Å². The molecule has 0 spiro atoms. The Morgan fingerprint density at radius 2 is 1.89 bits per heavy atom. The molecule has 27 heavy (non-hydrogen) atoms. The largest absolute Gasteiger partial charge is 0.471 e.